The van der Waals surface area contributed by atoms with Crippen molar-refractivity contribution in [3.63, 3.8) is 0 Å². The van der Waals surface area contributed by atoms with Crippen LogP contribution in [-0.4, -0.2) is 40.8 Å². The largest absolute Gasteiger partial charge is 0.492 e. The van der Waals surface area contributed by atoms with Crippen LogP contribution < -0.4 is 4.74 Å². The van der Waals surface area contributed by atoms with E-state index in [4.69, 9.17) is 9.47 Å². The molecule has 1 aliphatic heterocycles. The molecular weight excluding hydrogens is 268 g/mol. The van der Waals surface area contributed by atoms with Crippen LogP contribution in [-0.2, 0) is 4.74 Å². The maximum Gasteiger partial charge on any atom is 0.410 e. The van der Waals surface area contributed by atoms with Gasteiger partial charge >= 0.3 is 6.09 Å². The van der Waals surface area contributed by atoms with Gasteiger partial charge in [0, 0.05) is 25.2 Å². The Labute approximate surface area is 126 Å². The van der Waals surface area contributed by atoms with E-state index < -0.39 is 5.60 Å². The van der Waals surface area contributed by atoms with Crippen LogP contribution in [0.15, 0.2) is 24.5 Å². The molecule has 0 aromatic carbocycles. The number of carbonyl (C=O) groups excluding carboxylic acids is 1. The lowest BCUT2D eigenvalue weighted by Gasteiger charge is -2.28. The Balaban J connectivity index is 1.80. The van der Waals surface area contributed by atoms with Gasteiger partial charge in [-0.3, -0.25) is 4.98 Å². The van der Waals surface area contributed by atoms with Gasteiger partial charge in [0.1, 0.15) is 11.4 Å². The second kappa shape index (κ2) is 6.78. The fraction of sp³-hybridized carbons (Fsp3) is 0.625. The molecule has 0 bridgehead atoms. The minimum atomic E-state index is -0.448. The van der Waals surface area contributed by atoms with Gasteiger partial charge in [0.05, 0.1) is 12.8 Å². The maximum atomic E-state index is 12.2. The first-order valence-corrected chi connectivity index (χ1v) is 7.48. The fourth-order valence-electron chi connectivity index (χ4n) is 2.44. The highest BCUT2D eigenvalue weighted by molar-refractivity contribution is 5.68. The second-order valence-electron chi connectivity index (χ2n) is 6.30. The summed E-state index contributed by atoms with van der Waals surface area (Å²) in [6.45, 7) is 7.02. The molecule has 1 unspecified atom stereocenters. The van der Waals surface area contributed by atoms with Crippen molar-refractivity contribution in [3.05, 3.63) is 24.5 Å². The smallest absolute Gasteiger partial charge is 0.410 e. The number of hydrogen-bond donors (Lipinski definition) is 0. The Morgan fingerprint density at radius 2 is 2.29 bits per heavy atom. The molecule has 0 aliphatic carbocycles. The van der Waals surface area contributed by atoms with Crippen LogP contribution in [0.4, 0.5) is 4.79 Å². The number of rotatable bonds is 4. The molecule has 5 nitrogen and oxygen atoms in total. The summed E-state index contributed by atoms with van der Waals surface area (Å²) in [5, 5.41) is 0. The van der Waals surface area contributed by atoms with E-state index in [1.54, 1.807) is 12.4 Å². The van der Waals surface area contributed by atoms with E-state index in [1.807, 2.05) is 37.8 Å². The third-order valence-electron chi connectivity index (χ3n) is 3.36. The Morgan fingerprint density at radius 3 is 2.95 bits per heavy atom. The van der Waals surface area contributed by atoms with Crippen molar-refractivity contribution >= 4 is 6.09 Å². The summed E-state index contributed by atoms with van der Waals surface area (Å²) in [6, 6.07) is 3.93. The molecule has 1 aromatic rings. The fourth-order valence-corrected chi connectivity index (χ4v) is 2.44. The van der Waals surface area contributed by atoms with Crippen LogP contribution in [0, 0.1) is 0 Å². The van der Waals surface area contributed by atoms with Crippen molar-refractivity contribution in [2.24, 2.45) is 0 Å². The average molecular weight is 292 g/mol. The lowest BCUT2D eigenvalue weighted by Crippen LogP contribution is -2.40. The monoisotopic (exact) mass is 292 g/mol. The highest BCUT2D eigenvalue weighted by Crippen LogP contribution is 2.23. The maximum absolute atomic E-state index is 12.2. The van der Waals surface area contributed by atoms with E-state index in [9.17, 15) is 4.79 Å². The van der Waals surface area contributed by atoms with E-state index >= 15 is 0 Å². The van der Waals surface area contributed by atoms with Gasteiger partial charge in [-0.15, -0.1) is 0 Å². The predicted molar refractivity (Wildman–Crippen MR) is 80.3 cm³/mol. The molecule has 2 heterocycles. The van der Waals surface area contributed by atoms with Gasteiger partial charge in [0.25, 0.3) is 0 Å². The van der Waals surface area contributed by atoms with Crippen molar-refractivity contribution in [3.8, 4) is 5.75 Å². The van der Waals surface area contributed by atoms with Crippen LogP contribution in [0.1, 0.15) is 40.0 Å². The molecule has 1 fully saturated rings. The van der Waals surface area contributed by atoms with Crippen LogP contribution >= 0.6 is 0 Å². The van der Waals surface area contributed by atoms with Crippen molar-refractivity contribution in [1.29, 1.82) is 0 Å². The molecule has 1 atom stereocenters. The Hall–Kier alpha value is -1.78. The van der Waals surface area contributed by atoms with Gasteiger partial charge < -0.3 is 14.4 Å². The molecule has 0 radical (unpaired) electrons. The van der Waals surface area contributed by atoms with E-state index in [0.29, 0.717) is 6.61 Å². The summed E-state index contributed by atoms with van der Waals surface area (Å²) in [7, 11) is 0. The molecule has 1 aliphatic rings. The minimum Gasteiger partial charge on any atom is -0.492 e. The van der Waals surface area contributed by atoms with Gasteiger partial charge in [0.15, 0.2) is 0 Å². The molecular formula is C16H24N2O3. The SMILES string of the molecule is CC(C)(C)OC(=O)N1CCCC1CCOc1cccnc1. The van der Waals surface area contributed by atoms with E-state index in [1.165, 1.54) is 0 Å². The Morgan fingerprint density at radius 1 is 1.48 bits per heavy atom. The topological polar surface area (TPSA) is 51.7 Å². The summed E-state index contributed by atoms with van der Waals surface area (Å²) < 4.78 is 11.1. The zero-order valence-electron chi connectivity index (χ0n) is 13.0. The van der Waals surface area contributed by atoms with Crippen LogP contribution in [0.25, 0.3) is 0 Å². The number of nitrogens with zero attached hydrogens (tertiary/aromatic N) is 2. The number of amides is 1. The van der Waals surface area contributed by atoms with E-state index in [2.05, 4.69) is 4.98 Å². The second-order valence-corrected chi connectivity index (χ2v) is 6.30. The molecule has 116 valence electrons. The predicted octanol–water partition coefficient (Wildman–Crippen LogP) is 3.25. The lowest BCUT2D eigenvalue weighted by atomic mass is 10.1. The molecule has 21 heavy (non-hydrogen) atoms. The van der Waals surface area contributed by atoms with Crippen LogP contribution in [0.5, 0.6) is 5.75 Å². The van der Waals surface area contributed by atoms with E-state index in [0.717, 1.165) is 31.6 Å². The van der Waals surface area contributed by atoms with Crippen LogP contribution in [0.2, 0.25) is 0 Å². The number of aromatic nitrogens is 1. The van der Waals surface area contributed by atoms with Gasteiger partial charge in [-0.05, 0) is 45.7 Å². The molecule has 0 saturated carbocycles. The summed E-state index contributed by atoms with van der Waals surface area (Å²) in [5.41, 5.74) is -0.448. The molecule has 1 saturated heterocycles. The van der Waals surface area contributed by atoms with Crippen molar-refractivity contribution in [1.82, 2.24) is 9.88 Å². The normalized spacial score (nSPS) is 18.6. The standard InChI is InChI=1S/C16H24N2O3/c1-16(2,3)21-15(19)18-10-5-6-13(18)8-11-20-14-7-4-9-17-12-14/h4,7,9,12-13H,5-6,8,10-11H2,1-3H3. The average Bonchev–Trinajstić information content (AvgIpc) is 2.86. The van der Waals surface area contributed by atoms with Gasteiger partial charge in [0.2, 0.25) is 0 Å². The van der Waals surface area contributed by atoms with Crippen LogP contribution in [0.3, 0.4) is 0 Å². The number of hydrogen-bond acceptors (Lipinski definition) is 4. The summed E-state index contributed by atoms with van der Waals surface area (Å²) in [6.07, 6.45) is 6.04. The first-order chi connectivity index (χ1) is 9.96. The molecule has 0 N–H and O–H groups in total. The zero-order chi connectivity index (χ0) is 15.3. The molecule has 0 spiro atoms. The van der Waals surface area contributed by atoms with Gasteiger partial charge in [-0.25, -0.2) is 4.79 Å². The van der Waals surface area contributed by atoms with Crippen molar-refractivity contribution < 1.29 is 14.3 Å². The van der Waals surface area contributed by atoms with Crippen molar-refractivity contribution in [2.45, 2.75) is 51.7 Å². The third kappa shape index (κ3) is 4.92. The van der Waals surface area contributed by atoms with Gasteiger partial charge in [-0.1, -0.05) is 0 Å². The molecule has 5 heteroatoms. The number of carbonyl (C=O) groups is 1. The van der Waals surface area contributed by atoms with E-state index in [-0.39, 0.29) is 12.1 Å². The summed E-state index contributed by atoms with van der Waals surface area (Å²) in [5.74, 6) is 0.763. The highest BCUT2D eigenvalue weighted by atomic mass is 16.6. The van der Waals surface area contributed by atoms with Gasteiger partial charge in [-0.2, -0.15) is 0 Å². The highest BCUT2D eigenvalue weighted by Gasteiger charge is 2.31. The zero-order valence-corrected chi connectivity index (χ0v) is 13.0. The summed E-state index contributed by atoms with van der Waals surface area (Å²) in [4.78, 5) is 18.0. The first kappa shape index (κ1) is 15.6. The Kier molecular flexibility index (Phi) is 5.04. The minimum absolute atomic E-state index is 0.205. The first-order valence-electron chi connectivity index (χ1n) is 7.48. The lowest BCUT2D eigenvalue weighted by molar-refractivity contribution is 0.0211. The quantitative estimate of drug-likeness (QED) is 0.854. The number of ether oxygens (including phenoxy) is 2. The number of pyridine rings is 1. The molecule has 2 rings (SSSR count). The Bertz CT molecular complexity index is 456. The molecule has 1 aromatic heterocycles. The third-order valence-corrected chi connectivity index (χ3v) is 3.36. The number of likely N-dealkylation sites (tertiary alicyclic amines) is 1. The molecule has 1 amide bonds. The van der Waals surface area contributed by atoms with Crippen molar-refractivity contribution in [2.75, 3.05) is 13.2 Å². The summed E-state index contributed by atoms with van der Waals surface area (Å²) >= 11 is 0.